The first-order valence-electron chi connectivity index (χ1n) is 7.20. The molecule has 1 amide bonds. The van der Waals surface area contributed by atoms with Crippen LogP contribution in [0.2, 0.25) is 0 Å². The number of carbonyl (C=O) groups is 2. The number of nitrogens with zero attached hydrogens (tertiary/aromatic N) is 1. The van der Waals surface area contributed by atoms with E-state index < -0.39 is 42.3 Å². The van der Waals surface area contributed by atoms with Crippen LogP contribution in [0.25, 0.3) is 0 Å². The molecule has 0 bridgehead atoms. The number of rotatable bonds is 5. The molecule has 1 heterocycles. The van der Waals surface area contributed by atoms with E-state index in [0.717, 1.165) is 4.90 Å². The van der Waals surface area contributed by atoms with Crippen LogP contribution in [0, 0.1) is 17.7 Å². The quantitative estimate of drug-likeness (QED) is 0.762. The lowest BCUT2D eigenvalue weighted by molar-refractivity contribution is -0.188. The molecule has 25 heavy (non-hydrogen) atoms. The van der Waals surface area contributed by atoms with Gasteiger partial charge in [-0.25, -0.2) is 4.39 Å². The Bertz CT molecular complexity index is 627. The van der Waals surface area contributed by atoms with Crippen LogP contribution in [0.3, 0.4) is 0 Å². The Balaban J connectivity index is 0.00000312. The molecule has 1 aromatic carbocycles. The van der Waals surface area contributed by atoms with Crippen LogP contribution in [0.5, 0.6) is 0 Å². The molecular formula is C15H17ClF4N2O3. The van der Waals surface area contributed by atoms with Gasteiger partial charge in [0.15, 0.2) is 0 Å². The Hall–Kier alpha value is -1.87. The van der Waals surface area contributed by atoms with Gasteiger partial charge in [0.05, 0.1) is 18.4 Å². The van der Waals surface area contributed by atoms with E-state index in [1.807, 2.05) is 0 Å². The third kappa shape index (κ3) is 5.57. The number of likely N-dealkylation sites (tertiary alicyclic amines) is 1. The van der Waals surface area contributed by atoms with Gasteiger partial charge in [0, 0.05) is 25.2 Å². The van der Waals surface area contributed by atoms with E-state index >= 15 is 0 Å². The van der Waals surface area contributed by atoms with Crippen molar-refractivity contribution in [3.63, 3.8) is 0 Å². The Morgan fingerprint density at radius 3 is 2.40 bits per heavy atom. The highest BCUT2D eigenvalue weighted by molar-refractivity contribution is 5.85. The summed E-state index contributed by atoms with van der Waals surface area (Å²) < 4.78 is 52.0. The van der Waals surface area contributed by atoms with E-state index in [-0.39, 0.29) is 37.6 Å². The number of alkyl halides is 3. The van der Waals surface area contributed by atoms with Crippen molar-refractivity contribution < 1.29 is 32.3 Å². The summed E-state index contributed by atoms with van der Waals surface area (Å²) in [7, 11) is 0. The molecule has 5 nitrogen and oxygen atoms in total. The highest BCUT2D eigenvalue weighted by Crippen LogP contribution is 2.37. The molecule has 2 atom stereocenters. The molecule has 1 saturated heterocycles. The van der Waals surface area contributed by atoms with Crippen molar-refractivity contribution in [3.8, 4) is 0 Å². The van der Waals surface area contributed by atoms with Crippen LogP contribution in [-0.4, -0.2) is 47.7 Å². The predicted octanol–water partition coefficient (Wildman–Crippen LogP) is 2.06. The lowest BCUT2D eigenvalue weighted by Crippen LogP contribution is -2.37. The summed E-state index contributed by atoms with van der Waals surface area (Å²) in [6.45, 7) is -1.37. The summed E-state index contributed by atoms with van der Waals surface area (Å²) in [5, 5.41) is 11.3. The first kappa shape index (κ1) is 21.2. The van der Waals surface area contributed by atoms with Gasteiger partial charge in [-0.15, -0.1) is 12.4 Å². The average molecular weight is 385 g/mol. The zero-order valence-electron chi connectivity index (χ0n) is 12.9. The number of carbonyl (C=O) groups excluding carboxylic acids is 1. The van der Waals surface area contributed by atoms with Crippen molar-refractivity contribution in [3.05, 3.63) is 35.6 Å². The Labute approximate surface area is 147 Å². The normalized spacial score (nSPS) is 20.8. The highest BCUT2D eigenvalue weighted by atomic mass is 35.5. The fraction of sp³-hybridized carbons (Fsp3) is 0.467. The topological polar surface area (TPSA) is 69.6 Å². The van der Waals surface area contributed by atoms with Crippen LogP contribution >= 0.6 is 12.4 Å². The molecule has 0 aliphatic carbocycles. The summed E-state index contributed by atoms with van der Waals surface area (Å²) in [6, 6.07) is 5.80. The number of nitrogens with one attached hydrogen (secondary N) is 1. The second-order valence-corrected chi connectivity index (χ2v) is 5.66. The molecule has 2 N–H and O–H groups in total. The summed E-state index contributed by atoms with van der Waals surface area (Å²) in [5.41, 5.74) is 0.254. The third-order valence-electron chi connectivity index (χ3n) is 3.93. The molecular weight excluding hydrogens is 368 g/mol. The summed E-state index contributed by atoms with van der Waals surface area (Å²) in [6.07, 6.45) is -4.64. The fourth-order valence-electron chi connectivity index (χ4n) is 2.69. The first-order valence-corrected chi connectivity index (χ1v) is 7.20. The van der Waals surface area contributed by atoms with Crippen LogP contribution in [0.1, 0.15) is 5.56 Å². The minimum Gasteiger partial charge on any atom is -0.481 e. The largest absolute Gasteiger partial charge is 0.481 e. The molecule has 0 unspecified atom stereocenters. The molecule has 0 saturated carbocycles. The predicted molar refractivity (Wildman–Crippen MR) is 82.6 cm³/mol. The van der Waals surface area contributed by atoms with Gasteiger partial charge in [0.2, 0.25) is 5.91 Å². The van der Waals surface area contributed by atoms with E-state index in [2.05, 4.69) is 5.32 Å². The van der Waals surface area contributed by atoms with Crippen molar-refractivity contribution >= 4 is 24.3 Å². The molecule has 1 fully saturated rings. The van der Waals surface area contributed by atoms with Crippen molar-refractivity contribution in [2.45, 2.75) is 12.7 Å². The molecule has 0 radical (unpaired) electrons. The van der Waals surface area contributed by atoms with Gasteiger partial charge >= 0.3 is 12.1 Å². The van der Waals surface area contributed by atoms with Crippen molar-refractivity contribution in [2.24, 2.45) is 11.8 Å². The summed E-state index contributed by atoms with van der Waals surface area (Å²) >= 11 is 0. The number of amides is 1. The molecule has 10 heteroatoms. The third-order valence-corrected chi connectivity index (χ3v) is 3.93. The van der Waals surface area contributed by atoms with Gasteiger partial charge in [0.25, 0.3) is 0 Å². The van der Waals surface area contributed by atoms with E-state index in [4.69, 9.17) is 5.11 Å². The summed E-state index contributed by atoms with van der Waals surface area (Å²) in [5.74, 6) is -6.22. The molecule has 2 rings (SSSR count). The number of benzene rings is 1. The van der Waals surface area contributed by atoms with Crippen LogP contribution in [0.15, 0.2) is 24.3 Å². The maximum Gasteiger partial charge on any atom is 0.393 e. The summed E-state index contributed by atoms with van der Waals surface area (Å²) in [4.78, 5) is 23.9. The van der Waals surface area contributed by atoms with Crippen molar-refractivity contribution in [1.82, 2.24) is 10.2 Å². The smallest absolute Gasteiger partial charge is 0.393 e. The second kappa shape index (κ2) is 8.48. The lowest BCUT2D eigenvalue weighted by Gasteiger charge is -2.18. The first-order chi connectivity index (χ1) is 11.2. The van der Waals surface area contributed by atoms with Gasteiger partial charge in [-0.3, -0.25) is 14.5 Å². The monoisotopic (exact) mass is 384 g/mol. The molecule has 140 valence electrons. The van der Waals surface area contributed by atoms with E-state index in [9.17, 15) is 27.2 Å². The minimum absolute atomic E-state index is 0. The van der Waals surface area contributed by atoms with Gasteiger partial charge in [-0.1, -0.05) is 18.2 Å². The molecule has 0 spiro atoms. The lowest BCUT2D eigenvalue weighted by atomic mass is 9.96. The maximum absolute atomic E-state index is 13.4. The fourth-order valence-corrected chi connectivity index (χ4v) is 2.69. The second-order valence-electron chi connectivity index (χ2n) is 5.66. The molecule has 1 aromatic rings. The van der Waals surface area contributed by atoms with Crippen LogP contribution < -0.4 is 5.32 Å². The average Bonchev–Trinajstić information content (AvgIpc) is 2.90. The van der Waals surface area contributed by atoms with E-state index in [0.29, 0.717) is 0 Å². The molecule has 0 aromatic heterocycles. The number of halogens is 5. The Morgan fingerprint density at radius 1 is 1.24 bits per heavy atom. The van der Waals surface area contributed by atoms with Gasteiger partial charge in [0.1, 0.15) is 5.82 Å². The number of hydrogen-bond acceptors (Lipinski definition) is 3. The standard InChI is InChI=1S/C15H16F4N2O3.ClH/c16-12-4-2-1-3-9(12)5-20-13(22)8-21-6-10(14(23)24)11(7-21)15(17,18)19;/h1-4,10-11H,5-8H2,(H,20,22)(H,23,24);1H/t10-,11-;/m1./s1. The zero-order chi connectivity index (χ0) is 17.9. The van der Waals surface area contributed by atoms with Gasteiger partial charge in [-0.05, 0) is 6.07 Å². The number of carboxylic acids is 1. The van der Waals surface area contributed by atoms with Crippen molar-refractivity contribution in [2.75, 3.05) is 19.6 Å². The number of carboxylic acid groups (broad SMARTS) is 1. The zero-order valence-corrected chi connectivity index (χ0v) is 13.7. The van der Waals surface area contributed by atoms with Gasteiger partial charge in [-0.2, -0.15) is 13.2 Å². The van der Waals surface area contributed by atoms with Crippen LogP contribution in [-0.2, 0) is 16.1 Å². The number of hydrogen-bond donors (Lipinski definition) is 2. The highest BCUT2D eigenvalue weighted by Gasteiger charge is 2.52. The Kier molecular flexibility index (Phi) is 7.18. The van der Waals surface area contributed by atoms with E-state index in [1.165, 1.54) is 18.2 Å². The SMILES string of the molecule is Cl.O=C(CN1C[C@@H](C(F)(F)F)[C@H](C(=O)O)C1)NCc1ccccc1F. The molecule has 1 aliphatic rings. The van der Waals surface area contributed by atoms with E-state index in [1.54, 1.807) is 6.07 Å². The van der Waals surface area contributed by atoms with Crippen molar-refractivity contribution in [1.29, 1.82) is 0 Å². The van der Waals surface area contributed by atoms with Crippen LogP contribution in [0.4, 0.5) is 17.6 Å². The number of aliphatic carboxylic acids is 1. The maximum atomic E-state index is 13.4. The van der Waals surface area contributed by atoms with Gasteiger partial charge < -0.3 is 10.4 Å². The Morgan fingerprint density at radius 2 is 1.88 bits per heavy atom. The molecule has 1 aliphatic heterocycles. The minimum atomic E-state index is -4.64.